The number of hydrogen-bond acceptors (Lipinski definition) is 4. The number of carbonyl (C=O) groups is 1. The minimum atomic E-state index is -1.08. The molecule has 6 heteroatoms. The van der Waals surface area contributed by atoms with Crippen LogP contribution in [0.3, 0.4) is 0 Å². The van der Waals surface area contributed by atoms with E-state index >= 15 is 0 Å². The molecule has 0 aliphatic rings. The van der Waals surface area contributed by atoms with Gasteiger partial charge in [0.1, 0.15) is 5.82 Å². The largest absolute Gasteiger partial charge is 0.476 e. The second-order valence-corrected chi connectivity index (χ2v) is 6.77. The van der Waals surface area contributed by atoms with Gasteiger partial charge in [0.15, 0.2) is 11.3 Å². The molecule has 0 bridgehead atoms. The molecule has 0 radical (unpaired) electrons. The van der Waals surface area contributed by atoms with Gasteiger partial charge in [-0.05, 0) is 19.4 Å². The van der Waals surface area contributed by atoms with Crippen LogP contribution in [0.1, 0.15) is 34.6 Å². The van der Waals surface area contributed by atoms with Gasteiger partial charge in [-0.1, -0.05) is 60.2 Å². The van der Waals surface area contributed by atoms with Crippen LogP contribution in [0.25, 0.3) is 16.9 Å². The summed E-state index contributed by atoms with van der Waals surface area (Å²) < 4.78 is 1.54. The number of nitrogens with one attached hydrogen (secondary N) is 1. The van der Waals surface area contributed by atoms with E-state index in [1.165, 1.54) is 11.6 Å². The van der Waals surface area contributed by atoms with E-state index in [1.54, 1.807) is 4.52 Å². The summed E-state index contributed by atoms with van der Waals surface area (Å²) >= 11 is 0. The molecule has 4 aromatic rings. The van der Waals surface area contributed by atoms with E-state index in [-0.39, 0.29) is 11.7 Å². The molecule has 2 heterocycles. The topological polar surface area (TPSA) is 79.5 Å². The van der Waals surface area contributed by atoms with Gasteiger partial charge >= 0.3 is 5.97 Å². The van der Waals surface area contributed by atoms with Crippen LogP contribution in [0.5, 0.6) is 0 Å². The number of anilines is 1. The van der Waals surface area contributed by atoms with Gasteiger partial charge < -0.3 is 10.4 Å². The van der Waals surface area contributed by atoms with Crippen molar-refractivity contribution in [2.75, 3.05) is 5.32 Å². The standard InChI is InChI=1S/C22H20N4O2/c1-14-8-10-17(11-9-14)18-12-20(23-15(2)16-6-4-3-5-7-16)26-21(24-18)13-19(25-26)22(27)28/h3-13,15,23H,1-2H3,(H,27,28). The first-order chi connectivity index (χ1) is 13.5. The lowest BCUT2D eigenvalue weighted by molar-refractivity contribution is 0.0690. The fraction of sp³-hybridized carbons (Fsp3) is 0.136. The molecule has 6 nitrogen and oxygen atoms in total. The maximum absolute atomic E-state index is 11.4. The number of nitrogens with zero attached hydrogens (tertiary/aromatic N) is 3. The highest BCUT2D eigenvalue weighted by Gasteiger charge is 2.16. The van der Waals surface area contributed by atoms with E-state index in [4.69, 9.17) is 0 Å². The van der Waals surface area contributed by atoms with Crippen LogP contribution >= 0.6 is 0 Å². The highest BCUT2D eigenvalue weighted by atomic mass is 16.4. The second kappa shape index (κ2) is 7.15. The highest BCUT2D eigenvalue weighted by Crippen LogP contribution is 2.26. The smallest absolute Gasteiger partial charge is 0.356 e. The number of benzene rings is 2. The molecule has 1 unspecified atom stereocenters. The van der Waals surface area contributed by atoms with E-state index in [0.29, 0.717) is 11.5 Å². The zero-order valence-electron chi connectivity index (χ0n) is 15.6. The van der Waals surface area contributed by atoms with Crippen molar-refractivity contribution in [3.63, 3.8) is 0 Å². The summed E-state index contributed by atoms with van der Waals surface area (Å²) in [5.41, 5.74) is 4.45. The Bertz CT molecular complexity index is 1130. The SMILES string of the molecule is Cc1ccc(-c2cc(NC(C)c3ccccc3)n3nc(C(=O)O)cc3n2)cc1. The van der Waals surface area contributed by atoms with Crippen LogP contribution < -0.4 is 5.32 Å². The number of carboxylic acids is 1. The van der Waals surface area contributed by atoms with Crippen molar-refractivity contribution in [3.05, 3.63) is 83.6 Å². The minimum Gasteiger partial charge on any atom is -0.476 e. The van der Waals surface area contributed by atoms with Gasteiger partial charge in [0.25, 0.3) is 0 Å². The number of carboxylic acid groups (broad SMARTS) is 1. The maximum Gasteiger partial charge on any atom is 0.356 e. The Morgan fingerprint density at radius 2 is 1.79 bits per heavy atom. The monoisotopic (exact) mass is 372 g/mol. The lowest BCUT2D eigenvalue weighted by Crippen LogP contribution is -2.11. The summed E-state index contributed by atoms with van der Waals surface area (Å²) in [6.07, 6.45) is 0. The summed E-state index contributed by atoms with van der Waals surface area (Å²) in [4.78, 5) is 16.0. The van der Waals surface area contributed by atoms with Crippen molar-refractivity contribution < 1.29 is 9.90 Å². The third kappa shape index (κ3) is 3.44. The van der Waals surface area contributed by atoms with Crippen molar-refractivity contribution in [1.29, 1.82) is 0 Å². The molecule has 4 rings (SSSR count). The van der Waals surface area contributed by atoms with Crippen LogP contribution in [-0.2, 0) is 0 Å². The summed E-state index contributed by atoms with van der Waals surface area (Å²) in [6, 6.07) is 21.5. The van der Waals surface area contributed by atoms with Gasteiger partial charge in [-0.25, -0.2) is 9.78 Å². The molecule has 2 aromatic carbocycles. The predicted octanol–water partition coefficient (Wildman–Crippen LogP) is 4.58. The van der Waals surface area contributed by atoms with Gasteiger partial charge in [0, 0.05) is 23.7 Å². The summed E-state index contributed by atoms with van der Waals surface area (Å²) in [5, 5.41) is 17.0. The van der Waals surface area contributed by atoms with Crippen LogP contribution in [0.4, 0.5) is 5.82 Å². The molecule has 1 atom stereocenters. The zero-order chi connectivity index (χ0) is 19.7. The molecule has 0 aliphatic carbocycles. The van der Waals surface area contributed by atoms with E-state index in [0.717, 1.165) is 16.8 Å². The number of rotatable bonds is 5. The zero-order valence-corrected chi connectivity index (χ0v) is 15.6. The Morgan fingerprint density at radius 3 is 2.46 bits per heavy atom. The molecule has 140 valence electrons. The van der Waals surface area contributed by atoms with Crippen LogP contribution in [0, 0.1) is 6.92 Å². The van der Waals surface area contributed by atoms with Crippen LogP contribution in [0.15, 0.2) is 66.7 Å². The van der Waals surface area contributed by atoms with Gasteiger partial charge in [-0.15, -0.1) is 0 Å². The quantitative estimate of drug-likeness (QED) is 0.536. The molecule has 0 saturated carbocycles. The molecule has 28 heavy (non-hydrogen) atoms. The molecular weight excluding hydrogens is 352 g/mol. The fourth-order valence-electron chi connectivity index (χ4n) is 3.10. The van der Waals surface area contributed by atoms with Crippen LogP contribution in [0.2, 0.25) is 0 Å². The first-order valence-electron chi connectivity index (χ1n) is 9.04. The number of hydrogen-bond donors (Lipinski definition) is 2. The number of fused-ring (bicyclic) bond motifs is 1. The summed E-state index contributed by atoms with van der Waals surface area (Å²) in [7, 11) is 0. The average molecular weight is 372 g/mol. The Hall–Kier alpha value is -3.67. The number of aromatic nitrogens is 3. The Labute approximate surface area is 162 Å². The normalized spacial score (nSPS) is 12.1. The molecule has 0 fully saturated rings. The predicted molar refractivity (Wildman–Crippen MR) is 109 cm³/mol. The van der Waals surface area contributed by atoms with E-state index in [2.05, 4.69) is 22.3 Å². The van der Waals surface area contributed by atoms with Crippen molar-refractivity contribution in [3.8, 4) is 11.3 Å². The summed E-state index contributed by atoms with van der Waals surface area (Å²) in [6.45, 7) is 4.08. The maximum atomic E-state index is 11.4. The van der Waals surface area contributed by atoms with E-state index in [9.17, 15) is 9.90 Å². The minimum absolute atomic E-state index is 0.00939. The molecule has 2 aromatic heterocycles. The second-order valence-electron chi connectivity index (χ2n) is 6.77. The molecular formula is C22H20N4O2. The third-order valence-electron chi connectivity index (χ3n) is 4.66. The van der Waals surface area contributed by atoms with Crippen molar-refractivity contribution in [2.45, 2.75) is 19.9 Å². The first kappa shape index (κ1) is 17.7. The molecule has 2 N–H and O–H groups in total. The molecule has 0 saturated heterocycles. The van der Waals surface area contributed by atoms with Crippen LogP contribution in [-0.4, -0.2) is 25.7 Å². The van der Waals surface area contributed by atoms with Crippen molar-refractivity contribution in [1.82, 2.24) is 14.6 Å². The Balaban J connectivity index is 1.82. The Kier molecular flexibility index (Phi) is 4.53. The lowest BCUT2D eigenvalue weighted by Gasteiger charge is -2.17. The highest BCUT2D eigenvalue weighted by molar-refractivity contribution is 5.87. The third-order valence-corrected chi connectivity index (χ3v) is 4.66. The van der Waals surface area contributed by atoms with Crippen molar-refractivity contribution in [2.24, 2.45) is 0 Å². The molecule has 0 spiro atoms. The molecule has 0 amide bonds. The van der Waals surface area contributed by atoms with Gasteiger partial charge in [0.05, 0.1) is 5.69 Å². The van der Waals surface area contributed by atoms with E-state index in [1.807, 2.05) is 67.6 Å². The number of aromatic carboxylic acids is 1. The summed E-state index contributed by atoms with van der Waals surface area (Å²) in [5.74, 6) is -0.395. The average Bonchev–Trinajstić information content (AvgIpc) is 3.14. The van der Waals surface area contributed by atoms with E-state index < -0.39 is 5.97 Å². The van der Waals surface area contributed by atoms with Gasteiger partial charge in [-0.3, -0.25) is 0 Å². The van der Waals surface area contributed by atoms with Gasteiger partial charge in [0.2, 0.25) is 0 Å². The Morgan fingerprint density at radius 1 is 1.07 bits per heavy atom. The van der Waals surface area contributed by atoms with Gasteiger partial charge in [-0.2, -0.15) is 9.61 Å². The van der Waals surface area contributed by atoms with Crippen molar-refractivity contribution >= 4 is 17.4 Å². The number of aryl methyl sites for hydroxylation is 1. The first-order valence-corrected chi connectivity index (χ1v) is 9.04. The fourth-order valence-corrected chi connectivity index (χ4v) is 3.10. The molecule has 0 aliphatic heterocycles. The lowest BCUT2D eigenvalue weighted by atomic mass is 10.1.